The smallest absolute Gasteiger partial charge is 0.123 e. The molecule has 100 valence electrons. The molecule has 0 unspecified atom stereocenters. The zero-order chi connectivity index (χ0) is 13.7. The maximum Gasteiger partial charge on any atom is 0.123 e. The van der Waals surface area contributed by atoms with Crippen LogP contribution in [0, 0.1) is 5.82 Å². The van der Waals surface area contributed by atoms with Crippen molar-refractivity contribution in [2.75, 3.05) is 5.32 Å². The average Bonchev–Trinajstić information content (AvgIpc) is 2.37. The molecule has 0 fully saturated rings. The lowest BCUT2D eigenvalue weighted by atomic mass is 10.2. The van der Waals surface area contributed by atoms with Crippen molar-refractivity contribution in [1.82, 2.24) is 0 Å². The number of benzene rings is 2. The zero-order valence-corrected chi connectivity index (χ0v) is 11.2. The number of ether oxygens (including phenoxy) is 1. The fourth-order valence-corrected chi connectivity index (χ4v) is 1.77. The third-order valence-electron chi connectivity index (χ3n) is 2.61. The standard InChI is InChI=1S/C16H18FNO/c1-12(2)19-16-8-6-15(7-9-16)18-11-13-4-3-5-14(17)10-13/h3-10,12,18H,11H2,1-2H3. The molecule has 0 aromatic heterocycles. The van der Waals surface area contributed by atoms with Gasteiger partial charge >= 0.3 is 0 Å². The Hall–Kier alpha value is -2.03. The monoisotopic (exact) mass is 259 g/mol. The number of hydrogen-bond donors (Lipinski definition) is 1. The summed E-state index contributed by atoms with van der Waals surface area (Å²) in [6.07, 6.45) is 0.172. The minimum Gasteiger partial charge on any atom is -0.491 e. The fourth-order valence-electron chi connectivity index (χ4n) is 1.77. The van der Waals surface area contributed by atoms with Crippen molar-refractivity contribution in [1.29, 1.82) is 0 Å². The lowest BCUT2D eigenvalue weighted by Gasteiger charge is -2.11. The zero-order valence-electron chi connectivity index (χ0n) is 11.2. The second kappa shape index (κ2) is 6.23. The minimum absolute atomic E-state index is 0.172. The predicted octanol–water partition coefficient (Wildman–Crippen LogP) is 4.23. The van der Waals surface area contributed by atoms with Gasteiger partial charge in [0, 0.05) is 12.2 Å². The van der Waals surface area contributed by atoms with Gasteiger partial charge < -0.3 is 10.1 Å². The maximum atomic E-state index is 13.0. The molecule has 0 aliphatic carbocycles. The van der Waals surface area contributed by atoms with Gasteiger partial charge in [-0.2, -0.15) is 0 Å². The van der Waals surface area contributed by atoms with E-state index in [0.29, 0.717) is 6.54 Å². The summed E-state index contributed by atoms with van der Waals surface area (Å²) in [6, 6.07) is 14.3. The highest BCUT2D eigenvalue weighted by atomic mass is 19.1. The molecular formula is C16H18FNO. The Morgan fingerprint density at radius 3 is 2.47 bits per heavy atom. The summed E-state index contributed by atoms with van der Waals surface area (Å²) in [5, 5.41) is 3.25. The summed E-state index contributed by atoms with van der Waals surface area (Å²) in [5.74, 6) is 0.645. The fraction of sp³-hybridized carbons (Fsp3) is 0.250. The molecule has 19 heavy (non-hydrogen) atoms. The molecule has 0 atom stereocenters. The van der Waals surface area contributed by atoms with Gasteiger partial charge in [0.25, 0.3) is 0 Å². The molecule has 0 aliphatic heterocycles. The molecule has 2 aromatic carbocycles. The third-order valence-corrected chi connectivity index (χ3v) is 2.61. The summed E-state index contributed by atoms with van der Waals surface area (Å²) in [4.78, 5) is 0. The summed E-state index contributed by atoms with van der Waals surface area (Å²) >= 11 is 0. The van der Waals surface area contributed by atoms with Gasteiger partial charge in [0.05, 0.1) is 6.10 Å². The third kappa shape index (κ3) is 4.28. The van der Waals surface area contributed by atoms with Gasteiger partial charge in [-0.05, 0) is 55.8 Å². The predicted molar refractivity (Wildman–Crippen MR) is 75.9 cm³/mol. The number of hydrogen-bond acceptors (Lipinski definition) is 2. The molecule has 0 saturated carbocycles. The van der Waals surface area contributed by atoms with E-state index in [-0.39, 0.29) is 11.9 Å². The Kier molecular flexibility index (Phi) is 4.39. The van der Waals surface area contributed by atoms with E-state index in [4.69, 9.17) is 4.74 Å². The largest absolute Gasteiger partial charge is 0.491 e. The van der Waals surface area contributed by atoms with Crippen molar-refractivity contribution in [3.05, 3.63) is 59.9 Å². The molecular weight excluding hydrogens is 241 g/mol. The van der Waals surface area contributed by atoms with Gasteiger partial charge in [-0.3, -0.25) is 0 Å². The first-order chi connectivity index (χ1) is 9.13. The normalized spacial score (nSPS) is 10.5. The van der Waals surface area contributed by atoms with Gasteiger partial charge in [0.2, 0.25) is 0 Å². The Morgan fingerprint density at radius 1 is 1.11 bits per heavy atom. The van der Waals surface area contributed by atoms with Crippen molar-refractivity contribution >= 4 is 5.69 Å². The first kappa shape index (κ1) is 13.4. The van der Waals surface area contributed by atoms with Crippen LogP contribution >= 0.6 is 0 Å². The van der Waals surface area contributed by atoms with Crippen LogP contribution in [0.1, 0.15) is 19.4 Å². The summed E-state index contributed by atoms with van der Waals surface area (Å²) < 4.78 is 18.6. The summed E-state index contributed by atoms with van der Waals surface area (Å²) in [6.45, 7) is 4.59. The number of anilines is 1. The first-order valence-corrected chi connectivity index (χ1v) is 6.38. The highest BCUT2D eigenvalue weighted by molar-refractivity contribution is 5.46. The van der Waals surface area contributed by atoms with Gasteiger partial charge in [-0.15, -0.1) is 0 Å². The van der Waals surface area contributed by atoms with Gasteiger partial charge in [0.1, 0.15) is 11.6 Å². The first-order valence-electron chi connectivity index (χ1n) is 6.38. The SMILES string of the molecule is CC(C)Oc1ccc(NCc2cccc(F)c2)cc1. The molecule has 2 rings (SSSR count). The second-order valence-corrected chi connectivity index (χ2v) is 4.67. The molecule has 0 bridgehead atoms. The van der Waals surface area contributed by atoms with Crippen LogP contribution in [0.3, 0.4) is 0 Å². The molecule has 3 heteroatoms. The lowest BCUT2D eigenvalue weighted by molar-refractivity contribution is 0.242. The van der Waals surface area contributed by atoms with Crippen LogP contribution in [0.5, 0.6) is 5.75 Å². The van der Waals surface area contributed by atoms with Crippen LogP contribution < -0.4 is 10.1 Å². The molecule has 0 amide bonds. The van der Waals surface area contributed by atoms with Crippen LogP contribution in [0.4, 0.5) is 10.1 Å². The molecule has 2 nitrogen and oxygen atoms in total. The molecule has 1 N–H and O–H groups in total. The van der Waals surface area contributed by atoms with E-state index in [2.05, 4.69) is 5.32 Å². The van der Waals surface area contributed by atoms with E-state index >= 15 is 0 Å². The molecule has 2 aromatic rings. The van der Waals surface area contributed by atoms with Crippen LogP contribution in [0.25, 0.3) is 0 Å². The molecule has 0 heterocycles. The quantitative estimate of drug-likeness (QED) is 0.867. The van der Waals surface area contributed by atoms with E-state index in [1.54, 1.807) is 6.07 Å². The Balaban J connectivity index is 1.93. The van der Waals surface area contributed by atoms with Crippen molar-refractivity contribution in [2.24, 2.45) is 0 Å². The van der Waals surface area contributed by atoms with E-state index in [1.165, 1.54) is 12.1 Å². The van der Waals surface area contributed by atoms with Crippen molar-refractivity contribution in [3.8, 4) is 5.75 Å². The highest BCUT2D eigenvalue weighted by Crippen LogP contribution is 2.17. The van der Waals surface area contributed by atoms with E-state index < -0.39 is 0 Å². The number of halogens is 1. The van der Waals surface area contributed by atoms with E-state index in [1.807, 2.05) is 44.2 Å². The topological polar surface area (TPSA) is 21.3 Å². The van der Waals surface area contributed by atoms with Gasteiger partial charge in [0.15, 0.2) is 0 Å². The molecule has 0 saturated heterocycles. The van der Waals surface area contributed by atoms with Crippen molar-refractivity contribution < 1.29 is 9.13 Å². The second-order valence-electron chi connectivity index (χ2n) is 4.67. The van der Waals surface area contributed by atoms with Crippen LogP contribution in [0.15, 0.2) is 48.5 Å². The van der Waals surface area contributed by atoms with Crippen molar-refractivity contribution in [2.45, 2.75) is 26.5 Å². The maximum absolute atomic E-state index is 13.0. The Morgan fingerprint density at radius 2 is 1.84 bits per heavy atom. The Labute approximate surface area is 113 Å². The Bertz CT molecular complexity index is 523. The van der Waals surface area contributed by atoms with E-state index in [9.17, 15) is 4.39 Å². The van der Waals surface area contributed by atoms with Gasteiger partial charge in [-0.25, -0.2) is 4.39 Å². The minimum atomic E-state index is -0.208. The number of nitrogens with one attached hydrogen (secondary N) is 1. The van der Waals surface area contributed by atoms with Gasteiger partial charge in [-0.1, -0.05) is 12.1 Å². The molecule has 0 aliphatic rings. The summed E-state index contributed by atoms with van der Waals surface area (Å²) in [7, 11) is 0. The van der Waals surface area contributed by atoms with Crippen LogP contribution in [0.2, 0.25) is 0 Å². The van der Waals surface area contributed by atoms with Crippen LogP contribution in [-0.2, 0) is 6.54 Å². The summed E-state index contributed by atoms with van der Waals surface area (Å²) in [5.41, 5.74) is 1.91. The van der Waals surface area contributed by atoms with E-state index in [0.717, 1.165) is 17.0 Å². The number of rotatable bonds is 5. The van der Waals surface area contributed by atoms with Crippen LogP contribution in [-0.4, -0.2) is 6.10 Å². The molecule has 0 spiro atoms. The molecule has 0 radical (unpaired) electrons. The highest BCUT2D eigenvalue weighted by Gasteiger charge is 1.99. The lowest BCUT2D eigenvalue weighted by Crippen LogP contribution is -2.05. The van der Waals surface area contributed by atoms with Crippen molar-refractivity contribution in [3.63, 3.8) is 0 Å². The average molecular weight is 259 g/mol.